The van der Waals surface area contributed by atoms with E-state index in [1.165, 1.54) is 12.0 Å². The highest BCUT2D eigenvalue weighted by molar-refractivity contribution is 5.18. The van der Waals surface area contributed by atoms with Gasteiger partial charge in [0.2, 0.25) is 0 Å². The zero-order chi connectivity index (χ0) is 13.5. The Morgan fingerprint density at radius 2 is 1.95 bits per heavy atom. The molecule has 102 valence electrons. The third kappa shape index (κ3) is 4.52. The minimum atomic E-state index is 0.614. The second-order valence-corrected chi connectivity index (χ2v) is 5.08. The monoisotopic (exact) mass is 257 g/mol. The zero-order valence-corrected chi connectivity index (χ0v) is 11.8. The van der Waals surface area contributed by atoms with Gasteiger partial charge in [-0.25, -0.2) is 0 Å². The Balaban J connectivity index is 1.62. The average molecular weight is 257 g/mol. The van der Waals surface area contributed by atoms with E-state index in [0.29, 0.717) is 5.92 Å². The number of hydrogen-bond donors (Lipinski definition) is 1. The Kier molecular flexibility index (Phi) is 5.16. The number of nitrogens with one attached hydrogen (secondary N) is 1. The maximum Gasteiger partial charge on any atom is 0.0637 e. The van der Waals surface area contributed by atoms with E-state index in [9.17, 15) is 0 Å². The van der Waals surface area contributed by atoms with Crippen LogP contribution < -0.4 is 5.32 Å². The Morgan fingerprint density at radius 3 is 2.63 bits per heavy atom. The first-order valence-electron chi connectivity index (χ1n) is 7.00. The van der Waals surface area contributed by atoms with Gasteiger partial charge in [-0.05, 0) is 30.5 Å². The summed E-state index contributed by atoms with van der Waals surface area (Å²) in [6.07, 6.45) is 4.17. The largest absolute Gasteiger partial charge is 0.316 e. The van der Waals surface area contributed by atoms with Crippen molar-refractivity contribution in [1.29, 1.82) is 0 Å². The molecule has 1 atom stereocenters. The van der Waals surface area contributed by atoms with Crippen molar-refractivity contribution in [3.63, 3.8) is 0 Å². The lowest BCUT2D eigenvalue weighted by molar-refractivity contribution is 0.590. The zero-order valence-electron chi connectivity index (χ0n) is 11.8. The molecule has 2 rings (SSSR count). The van der Waals surface area contributed by atoms with Crippen LogP contribution in [0.4, 0.5) is 0 Å². The molecular weight excluding hydrogens is 234 g/mol. The molecule has 0 aliphatic rings. The molecule has 0 amide bonds. The van der Waals surface area contributed by atoms with Crippen molar-refractivity contribution < 1.29 is 0 Å². The summed E-state index contributed by atoms with van der Waals surface area (Å²) in [7, 11) is 1.96. The van der Waals surface area contributed by atoms with Gasteiger partial charge in [-0.15, -0.1) is 0 Å². The van der Waals surface area contributed by atoms with Crippen LogP contribution in [0, 0.1) is 0 Å². The SMILES string of the molecule is CC(CCNCCc1ccn(C)n1)c1ccccc1. The lowest BCUT2D eigenvalue weighted by Crippen LogP contribution is -2.20. The van der Waals surface area contributed by atoms with Crippen molar-refractivity contribution in [3.05, 3.63) is 53.9 Å². The van der Waals surface area contributed by atoms with Gasteiger partial charge in [0, 0.05) is 26.2 Å². The van der Waals surface area contributed by atoms with Crippen molar-refractivity contribution in [2.24, 2.45) is 7.05 Å². The van der Waals surface area contributed by atoms with E-state index >= 15 is 0 Å². The van der Waals surface area contributed by atoms with Crippen LogP contribution in [0.3, 0.4) is 0 Å². The van der Waals surface area contributed by atoms with Crippen molar-refractivity contribution in [2.45, 2.75) is 25.7 Å². The Hall–Kier alpha value is -1.61. The van der Waals surface area contributed by atoms with Crippen LogP contribution >= 0.6 is 0 Å². The molecule has 0 bridgehead atoms. The molecule has 1 N–H and O–H groups in total. The van der Waals surface area contributed by atoms with Gasteiger partial charge in [-0.2, -0.15) is 5.10 Å². The Morgan fingerprint density at radius 1 is 1.16 bits per heavy atom. The van der Waals surface area contributed by atoms with E-state index in [1.54, 1.807) is 0 Å². The lowest BCUT2D eigenvalue weighted by Gasteiger charge is -2.12. The third-order valence-corrected chi connectivity index (χ3v) is 3.45. The van der Waals surface area contributed by atoms with Crippen LogP contribution in [0.2, 0.25) is 0 Å². The molecule has 0 spiro atoms. The van der Waals surface area contributed by atoms with Crippen molar-refractivity contribution >= 4 is 0 Å². The molecule has 1 aromatic heterocycles. The van der Waals surface area contributed by atoms with Crippen LogP contribution in [0.1, 0.15) is 30.5 Å². The lowest BCUT2D eigenvalue weighted by atomic mass is 9.98. The molecule has 0 aliphatic carbocycles. The summed E-state index contributed by atoms with van der Waals surface area (Å²) in [5.74, 6) is 0.614. The topological polar surface area (TPSA) is 29.9 Å². The quantitative estimate of drug-likeness (QED) is 0.773. The number of rotatable bonds is 7. The maximum absolute atomic E-state index is 4.37. The number of aryl methyl sites for hydroxylation is 1. The van der Waals surface area contributed by atoms with E-state index in [4.69, 9.17) is 0 Å². The minimum Gasteiger partial charge on any atom is -0.316 e. The number of aromatic nitrogens is 2. The van der Waals surface area contributed by atoms with Crippen molar-refractivity contribution in [2.75, 3.05) is 13.1 Å². The van der Waals surface area contributed by atoms with Crippen LogP contribution in [0.15, 0.2) is 42.6 Å². The molecule has 1 heterocycles. The molecule has 0 saturated carbocycles. The molecule has 3 heteroatoms. The highest BCUT2D eigenvalue weighted by Crippen LogP contribution is 2.17. The summed E-state index contributed by atoms with van der Waals surface area (Å²) in [5, 5.41) is 7.86. The van der Waals surface area contributed by atoms with E-state index in [1.807, 2.05) is 17.9 Å². The van der Waals surface area contributed by atoms with Gasteiger partial charge in [0.15, 0.2) is 0 Å². The fraction of sp³-hybridized carbons (Fsp3) is 0.438. The molecule has 0 aliphatic heterocycles. The molecule has 19 heavy (non-hydrogen) atoms. The summed E-state index contributed by atoms with van der Waals surface area (Å²) < 4.78 is 1.85. The van der Waals surface area contributed by atoms with E-state index in [-0.39, 0.29) is 0 Å². The summed E-state index contributed by atoms with van der Waals surface area (Å²) >= 11 is 0. The van der Waals surface area contributed by atoms with Crippen LogP contribution in [-0.2, 0) is 13.5 Å². The van der Waals surface area contributed by atoms with E-state index in [0.717, 1.165) is 25.2 Å². The molecule has 0 saturated heterocycles. The van der Waals surface area contributed by atoms with Crippen LogP contribution in [-0.4, -0.2) is 22.9 Å². The highest BCUT2D eigenvalue weighted by atomic mass is 15.2. The molecule has 0 fully saturated rings. The van der Waals surface area contributed by atoms with Gasteiger partial charge in [0.1, 0.15) is 0 Å². The number of benzene rings is 1. The molecule has 0 radical (unpaired) electrons. The third-order valence-electron chi connectivity index (χ3n) is 3.45. The summed E-state index contributed by atoms with van der Waals surface area (Å²) in [5.41, 5.74) is 2.58. The molecular formula is C16H23N3. The second-order valence-electron chi connectivity index (χ2n) is 5.08. The molecule has 3 nitrogen and oxygen atoms in total. The Bertz CT molecular complexity index is 476. The van der Waals surface area contributed by atoms with Gasteiger partial charge in [-0.3, -0.25) is 4.68 Å². The standard InChI is InChI=1S/C16H23N3/c1-14(15-6-4-3-5-7-15)8-11-17-12-9-16-10-13-19(2)18-16/h3-7,10,13-14,17H,8-9,11-12H2,1-2H3. The highest BCUT2D eigenvalue weighted by Gasteiger charge is 2.04. The first-order chi connectivity index (χ1) is 9.25. The number of hydrogen-bond acceptors (Lipinski definition) is 2. The number of nitrogens with zero attached hydrogens (tertiary/aromatic N) is 2. The van der Waals surface area contributed by atoms with E-state index in [2.05, 4.69) is 53.7 Å². The van der Waals surface area contributed by atoms with Gasteiger partial charge in [0.25, 0.3) is 0 Å². The average Bonchev–Trinajstić information content (AvgIpc) is 2.85. The summed E-state index contributed by atoms with van der Waals surface area (Å²) in [4.78, 5) is 0. The van der Waals surface area contributed by atoms with Gasteiger partial charge in [-0.1, -0.05) is 37.3 Å². The predicted octanol–water partition coefficient (Wildman–Crippen LogP) is 2.75. The minimum absolute atomic E-state index is 0.614. The van der Waals surface area contributed by atoms with Gasteiger partial charge in [0.05, 0.1) is 5.69 Å². The molecule has 1 aromatic carbocycles. The fourth-order valence-electron chi connectivity index (χ4n) is 2.20. The summed E-state index contributed by atoms with van der Waals surface area (Å²) in [6, 6.07) is 12.8. The van der Waals surface area contributed by atoms with E-state index < -0.39 is 0 Å². The first-order valence-corrected chi connectivity index (χ1v) is 7.00. The van der Waals surface area contributed by atoms with Gasteiger partial charge >= 0.3 is 0 Å². The maximum atomic E-state index is 4.37. The Labute approximate surface area is 115 Å². The molecule has 2 aromatic rings. The fourth-order valence-corrected chi connectivity index (χ4v) is 2.20. The predicted molar refractivity (Wildman–Crippen MR) is 79.3 cm³/mol. The first kappa shape index (κ1) is 13.8. The second kappa shape index (κ2) is 7.10. The van der Waals surface area contributed by atoms with Crippen molar-refractivity contribution in [1.82, 2.24) is 15.1 Å². The summed E-state index contributed by atoms with van der Waals surface area (Å²) in [6.45, 7) is 4.34. The van der Waals surface area contributed by atoms with Crippen molar-refractivity contribution in [3.8, 4) is 0 Å². The normalized spacial score (nSPS) is 12.5. The van der Waals surface area contributed by atoms with Crippen LogP contribution in [0.5, 0.6) is 0 Å². The van der Waals surface area contributed by atoms with Crippen LogP contribution in [0.25, 0.3) is 0 Å². The molecule has 1 unspecified atom stereocenters. The van der Waals surface area contributed by atoms with Gasteiger partial charge < -0.3 is 5.32 Å². The smallest absolute Gasteiger partial charge is 0.0637 e.